The van der Waals surface area contributed by atoms with Crippen LogP contribution < -0.4 is 5.32 Å². The molecule has 0 amide bonds. The fourth-order valence-corrected chi connectivity index (χ4v) is 3.34. The van der Waals surface area contributed by atoms with Gasteiger partial charge in [-0.15, -0.1) is 0 Å². The average Bonchev–Trinajstić information content (AvgIpc) is 2.91. The van der Waals surface area contributed by atoms with E-state index in [2.05, 4.69) is 52.4 Å². The van der Waals surface area contributed by atoms with E-state index in [0.717, 1.165) is 26.1 Å². The van der Waals surface area contributed by atoms with Gasteiger partial charge in [0.15, 0.2) is 0 Å². The van der Waals surface area contributed by atoms with E-state index in [0.29, 0.717) is 12.0 Å². The van der Waals surface area contributed by atoms with Crippen LogP contribution in [0.4, 0.5) is 0 Å². The van der Waals surface area contributed by atoms with Crippen molar-refractivity contribution in [3.63, 3.8) is 0 Å². The first-order chi connectivity index (χ1) is 9.31. The summed E-state index contributed by atoms with van der Waals surface area (Å²) in [6.45, 7) is 5.28. The molecule has 0 saturated carbocycles. The number of rotatable bonds is 7. The zero-order valence-electron chi connectivity index (χ0n) is 11.7. The Kier molecular flexibility index (Phi) is 6.35. The van der Waals surface area contributed by atoms with Gasteiger partial charge in [0.2, 0.25) is 0 Å². The Labute approximate surface area is 125 Å². The molecule has 1 aromatic rings. The Balaban J connectivity index is 2.02. The van der Waals surface area contributed by atoms with E-state index < -0.39 is 0 Å². The first kappa shape index (κ1) is 15.0. The number of nitrogens with one attached hydrogen (secondary N) is 1. The molecular weight excluding hydrogens is 302 g/mol. The molecule has 1 aliphatic heterocycles. The molecule has 1 aromatic carbocycles. The van der Waals surface area contributed by atoms with E-state index in [1.165, 1.54) is 29.3 Å². The molecule has 2 nitrogen and oxygen atoms in total. The van der Waals surface area contributed by atoms with Crippen molar-refractivity contribution < 1.29 is 4.74 Å². The van der Waals surface area contributed by atoms with E-state index in [9.17, 15) is 0 Å². The topological polar surface area (TPSA) is 21.3 Å². The fourth-order valence-electron chi connectivity index (χ4n) is 2.73. The lowest BCUT2D eigenvalue weighted by atomic mass is 9.92. The SMILES string of the molecule is CCCNCC(CC1CCCO1)c1ccccc1Br. The molecule has 3 heteroatoms. The summed E-state index contributed by atoms with van der Waals surface area (Å²) in [4.78, 5) is 0. The molecule has 1 saturated heterocycles. The van der Waals surface area contributed by atoms with Crippen molar-refractivity contribution in [2.75, 3.05) is 19.7 Å². The highest BCUT2D eigenvalue weighted by Crippen LogP contribution is 2.31. The van der Waals surface area contributed by atoms with Gasteiger partial charge in [0.25, 0.3) is 0 Å². The molecule has 1 heterocycles. The number of halogens is 1. The highest BCUT2D eigenvalue weighted by Gasteiger charge is 2.22. The summed E-state index contributed by atoms with van der Waals surface area (Å²) in [5.41, 5.74) is 1.40. The smallest absolute Gasteiger partial charge is 0.0582 e. The van der Waals surface area contributed by atoms with Gasteiger partial charge in [-0.3, -0.25) is 0 Å². The maximum Gasteiger partial charge on any atom is 0.0582 e. The Morgan fingerprint density at radius 3 is 2.95 bits per heavy atom. The molecule has 0 radical (unpaired) electrons. The Bertz CT molecular complexity index is 377. The summed E-state index contributed by atoms with van der Waals surface area (Å²) in [6.07, 6.45) is 5.19. The summed E-state index contributed by atoms with van der Waals surface area (Å²) < 4.78 is 7.03. The molecule has 2 rings (SSSR count). The minimum absolute atomic E-state index is 0.445. The van der Waals surface area contributed by atoms with Gasteiger partial charge in [-0.05, 0) is 49.8 Å². The largest absolute Gasteiger partial charge is 0.378 e. The lowest BCUT2D eigenvalue weighted by molar-refractivity contribution is 0.0976. The predicted octanol–water partition coefficient (Wildman–Crippen LogP) is 4.10. The van der Waals surface area contributed by atoms with Crippen LogP contribution in [0.25, 0.3) is 0 Å². The van der Waals surface area contributed by atoms with E-state index in [4.69, 9.17) is 4.74 Å². The third kappa shape index (κ3) is 4.59. The van der Waals surface area contributed by atoms with Gasteiger partial charge in [-0.1, -0.05) is 41.1 Å². The summed E-state index contributed by atoms with van der Waals surface area (Å²) in [5.74, 6) is 0.533. The van der Waals surface area contributed by atoms with E-state index in [1.54, 1.807) is 0 Å². The fraction of sp³-hybridized carbons (Fsp3) is 0.625. The van der Waals surface area contributed by atoms with Crippen molar-refractivity contribution in [1.29, 1.82) is 0 Å². The maximum atomic E-state index is 5.81. The van der Waals surface area contributed by atoms with Crippen LogP contribution in [-0.2, 0) is 4.74 Å². The van der Waals surface area contributed by atoms with Gasteiger partial charge in [0, 0.05) is 17.6 Å². The third-order valence-electron chi connectivity index (χ3n) is 3.73. The maximum absolute atomic E-state index is 5.81. The van der Waals surface area contributed by atoms with Crippen molar-refractivity contribution in [3.8, 4) is 0 Å². The molecule has 1 fully saturated rings. The minimum atomic E-state index is 0.445. The van der Waals surface area contributed by atoms with Crippen molar-refractivity contribution in [1.82, 2.24) is 5.32 Å². The number of ether oxygens (including phenoxy) is 1. The Hall–Kier alpha value is -0.380. The van der Waals surface area contributed by atoms with Gasteiger partial charge in [0.1, 0.15) is 0 Å². The van der Waals surface area contributed by atoms with Crippen LogP contribution in [0.2, 0.25) is 0 Å². The normalized spacial score (nSPS) is 20.6. The zero-order chi connectivity index (χ0) is 13.5. The van der Waals surface area contributed by atoms with Crippen LogP contribution in [0.1, 0.15) is 44.1 Å². The van der Waals surface area contributed by atoms with Crippen LogP contribution in [0, 0.1) is 0 Å². The second kappa shape index (κ2) is 8.03. The number of hydrogen-bond donors (Lipinski definition) is 1. The summed E-state index contributed by atoms with van der Waals surface area (Å²) in [7, 11) is 0. The first-order valence-corrected chi connectivity index (χ1v) is 8.17. The highest BCUT2D eigenvalue weighted by molar-refractivity contribution is 9.10. The van der Waals surface area contributed by atoms with Gasteiger partial charge >= 0.3 is 0 Å². The van der Waals surface area contributed by atoms with Crippen molar-refractivity contribution in [2.45, 2.75) is 44.6 Å². The van der Waals surface area contributed by atoms with Crippen molar-refractivity contribution >= 4 is 15.9 Å². The minimum Gasteiger partial charge on any atom is -0.378 e. The van der Waals surface area contributed by atoms with Crippen LogP contribution in [-0.4, -0.2) is 25.8 Å². The van der Waals surface area contributed by atoms with Gasteiger partial charge in [0.05, 0.1) is 6.10 Å². The van der Waals surface area contributed by atoms with Crippen LogP contribution >= 0.6 is 15.9 Å². The molecule has 2 unspecified atom stereocenters. The Morgan fingerprint density at radius 1 is 1.42 bits per heavy atom. The lowest BCUT2D eigenvalue weighted by Crippen LogP contribution is -2.25. The molecule has 1 N–H and O–H groups in total. The van der Waals surface area contributed by atoms with E-state index in [1.807, 2.05) is 0 Å². The molecule has 19 heavy (non-hydrogen) atoms. The standard InChI is InChI=1S/C16H24BrNO/c1-2-9-18-12-13(11-14-6-5-10-19-14)15-7-3-4-8-16(15)17/h3-4,7-8,13-14,18H,2,5-6,9-12H2,1H3. The zero-order valence-corrected chi connectivity index (χ0v) is 13.3. The van der Waals surface area contributed by atoms with Crippen LogP contribution in [0.5, 0.6) is 0 Å². The number of hydrogen-bond acceptors (Lipinski definition) is 2. The van der Waals surface area contributed by atoms with Crippen molar-refractivity contribution in [2.24, 2.45) is 0 Å². The quantitative estimate of drug-likeness (QED) is 0.762. The molecule has 1 aliphatic rings. The van der Waals surface area contributed by atoms with Gasteiger partial charge in [-0.2, -0.15) is 0 Å². The van der Waals surface area contributed by atoms with Gasteiger partial charge in [-0.25, -0.2) is 0 Å². The summed E-state index contributed by atoms with van der Waals surface area (Å²) in [6, 6.07) is 8.58. The first-order valence-electron chi connectivity index (χ1n) is 7.38. The second-order valence-corrected chi connectivity index (χ2v) is 6.15. The van der Waals surface area contributed by atoms with Crippen molar-refractivity contribution in [3.05, 3.63) is 34.3 Å². The summed E-state index contributed by atoms with van der Waals surface area (Å²) in [5, 5.41) is 3.56. The predicted molar refractivity (Wildman–Crippen MR) is 83.6 cm³/mol. The highest BCUT2D eigenvalue weighted by atomic mass is 79.9. The van der Waals surface area contributed by atoms with Gasteiger partial charge < -0.3 is 10.1 Å². The molecule has 0 bridgehead atoms. The van der Waals surface area contributed by atoms with Crippen LogP contribution in [0.15, 0.2) is 28.7 Å². The number of benzene rings is 1. The Morgan fingerprint density at radius 2 is 2.26 bits per heavy atom. The third-order valence-corrected chi connectivity index (χ3v) is 4.46. The molecule has 0 aliphatic carbocycles. The van der Waals surface area contributed by atoms with Crippen LogP contribution in [0.3, 0.4) is 0 Å². The lowest BCUT2D eigenvalue weighted by Gasteiger charge is -2.22. The second-order valence-electron chi connectivity index (χ2n) is 5.29. The molecule has 0 aromatic heterocycles. The molecular formula is C16H24BrNO. The average molecular weight is 326 g/mol. The monoisotopic (exact) mass is 325 g/mol. The molecule has 2 atom stereocenters. The molecule has 106 valence electrons. The summed E-state index contributed by atoms with van der Waals surface area (Å²) >= 11 is 3.69. The van der Waals surface area contributed by atoms with E-state index in [-0.39, 0.29) is 0 Å². The molecule has 0 spiro atoms. The van der Waals surface area contributed by atoms with E-state index >= 15 is 0 Å².